The maximum atomic E-state index is 12.8. The minimum Gasteiger partial charge on any atom is -0.378 e. The van der Waals surface area contributed by atoms with Gasteiger partial charge in [0, 0.05) is 18.6 Å². The van der Waals surface area contributed by atoms with Gasteiger partial charge in [-0.05, 0) is 26.7 Å². The standard InChI is InChI=1S/C17H34N2O2/c1-5-7-8-9-10-15(18-17(3,4)6-2)16(20)19-11-13-21-14-12-19/h15,18H,5-14H2,1-4H3. The molecule has 0 radical (unpaired) electrons. The predicted octanol–water partition coefficient (Wildman–Crippen LogP) is 2.96. The summed E-state index contributed by atoms with van der Waals surface area (Å²) in [6, 6.07) is -0.0464. The van der Waals surface area contributed by atoms with Gasteiger partial charge in [0.25, 0.3) is 0 Å². The third-order valence-corrected chi connectivity index (χ3v) is 4.42. The average molecular weight is 298 g/mol. The number of carbonyl (C=O) groups is 1. The van der Waals surface area contributed by atoms with Crippen molar-refractivity contribution in [1.29, 1.82) is 0 Å². The van der Waals surface area contributed by atoms with Gasteiger partial charge in [0.15, 0.2) is 0 Å². The highest BCUT2D eigenvalue weighted by Gasteiger charge is 2.29. The van der Waals surface area contributed by atoms with Crippen LogP contribution >= 0.6 is 0 Å². The molecule has 1 amide bonds. The molecule has 0 aromatic heterocycles. The fourth-order valence-corrected chi connectivity index (χ4v) is 2.61. The molecule has 21 heavy (non-hydrogen) atoms. The van der Waals surface area contributed by atoms with Crippen LogP contribution in [0.4, 0.5) is 0 Å². The van der Waals surface area contributed by atoms with Crippen LogP contribution in [0.2, 0.25) is 0 Å². The van der Waals surface area contributed by atoms with E-state index in [2.05, 4.69) is 33.0 Å². The van der Waals surface area contributed by atoms with Crippen LogP contribution in [0.1, 0.15) is 66.2 Å². The number of ether oxygens (including phenoxy) is 1. The zero-order chi connectivity index (χ0) is 15.7. The molecular formula is C17H34N2O2. The van der Waals surface area contributed by atoms with Crippen molar-refractivity contribution in [3.8, 4) is 0 Å². The van der Waals surface area contributed by atoms with Crippen LogP contribution in [0.5, 0.6) is 0 Å². The van der Waals surface area contributed by atoms with E-state index in [0.29, 0.717) is 13.2 Å². The van der Waals surface area contributed by atoms with Crippen molar-refractivity contribution in [2.75, 3.05) is 26.3 Å². The summed E-state index contributed by atoms with van der Waals surface area (Å²) in [6.45, 7) is 11.6. The summed E-state index contributed by atoms with van der Waals surface area (Å²) in [7, 11) is 0. The minimum absolute atomic E-state index is 0.0113. The summed E-state index contributed by atoms with van der Waals surface area (Å²) in [5, 5.41) is 3.58. The van der Waals surface area contributed by atoms with Crippen molar-refractivity contribution in [1.82, 2.24) is 10.2 Å². The fourth-order valence-electron chi connectivity index (χ4n) is 2.61. The lowest BCUT2D eigenvalue weighted by Gasteiger charge is -2.35. The molecule has 1 heterocycles. The Morgan fingerprint density at radius 1 is 1.19 bits per heavy atom. The molecule has 1 aliphatic rings. The highest BCUT2D eigenvalue weighted by molar-refractivity contribution is 5.82. The monoisotopic (exact) mass is 298 g/mol. The van der Waals surface area contributed by atoms with Crippen LogP contribution in [0.3, 0.4) is 0 Å². The van der Waals surface area contributed by atoms with Gasteiger partial charge >= 0.3 is 0 Å². The SMILES string of the molecule is CCCCCCC(NC(C)(C)CC)C(=O)N1CCOCC1. The summed E-state index contributed by atoms with van der Waals surface area (Å²) in [5.41, 5.74) is 0.0113. The summed E-state index contributed by atoms with van der Waals surface area (Å²) in [5.74, 6) is 0.260. The predicted molar refractivity (Wildman–Crippen MR) is 87.5 cm³/mol. The van der Waals surface area contributed by atoms with Gasteiger partial charge in [-0.1, -0.05) is 39.5 Å². The minimum atomic E-state index is -0.0464. The number of amides is 1. The van der Waals surface area contributed by atoms with E-state index in [1.165, 1.54) is 19.3 Å². The molecule has 4 heteroatoms. The van der Waals surface area contributed by atoms with Crippen molar-refractivity contribution >= 4 is 5.91 Å². The normalized spacial score (nSPS) is 17.8. The van der Waals surface area contributed by atoms with Gasteiger partial charge in [-0.15, -0.1) is 0 Å². The van der Waals surface area contributed by atoms with Crippen LogP contribution in [-0.2, 0) is 9.53 Å². The van der Waals surface area contributed by atoms with Gasteiger partial charge in [0.1, 0.15) is 0 Å². The molecule has 0 spiro atoms. The van der Waals surface area contributed by atoms with Crippen molar-refractivity contribution in [2.24, 2.45) is 0 Å². The lowest BCUT2D eigenvalue weighted by molar-refractivity contribution is -0.138. The molecule has 124 valence electrons. The number of hydrogen-bond donors (Lipinski definition) is 1. The Hall–Kier alpha value is -0.610. The molecule has 1 N–H and O–H groups in total. The van der Waals surface area contributed by atoms with Gasteiger partial charge < -0.3 is 15.0 Å². The van der Waals surface area contributed by atoms with E-state index in [-0.39, 0.29) is 17.5 Å². The van der Waals surface area contributed by atoms with E-state index in [1.54, 1.807) is 0 Å². The van der Waals surface area contributed by atoms with Crippen LogP contribution < -0.4 is 5.32 Å². The zero-order valence-electron chi connectivity index (χ0n) is 14.4. The van der Waals surface area contributed by atoms with Gasteiger partial charge in [-0.25, -0.2) is 0 Å². The van der Waals surface area contributed by atoms with Crippen LogP contribution in [0, 0.1) is 0 Å². The lowest BCUT2D eigenvalue weighted by atomic mass is 9.97. The van der Waals surface area contributed by atoms with Crippen LogP contribution in [0.25, 0.3) is 0 Å². The molecule has 1 unspecified atom stereocenters. The van der Waals surface area contributed by atoms with E-state index in [4.69, 9.17) is 4.74 Å². The molecule has 0 bridgehead atoms. The first-order valence-corrected chi connectivity index (χ1v) is 8.64. The van der Waals surface area contributed by atoms with E-state index in [1.807, 2.05) is 4.90 Å². The first-order valence-electron chi connectivity index (χ1n) is 8.64. The van der Waals surface area contributed by atoms with Crippen molar-refractivity contribution in [2.45, 2.75) is 77.8 Å². The van der Waals surface area contributed by atoms with E-state index in [0.717, 1.165) is 32.4 Å². The highest BCUT2D eigenvalue weighted by Crippen LogP contribution is 2.15. The van der Waals surface area contributed by atoms with Crippen LogP contribution in [-0.4, -0.2) is 48.7 Å². The second kappa shape index (κ2) is 9.42. The first kappa shape index (κ1) is 18.4. The van der Waals surface area contributed by atoms with Crippen LogP contribution in [0.15, 0.2) is 0 Å². The highest BCUT2D eigenvalue weighted by atomic mass is 16.5. The lowest BCUT2D eigenvalue weighted by Crippen LogP contribution is -2.55. The number of morpholine rings is 1. The number of hydrogen-bond acceptors (Lipinski definition) is 3. The number of nitrogens with zero attached hydrogens (tertiary/aromatic N) is 1. The zero-order valence-corrected chi connectivity index (χ0v) is 14.4. The molecule has 1 aliphatic heterocycles. The topological polar surface area (TPSA) is 41.6 Å². The first-order chi connectivity index (χ1) is 10.00. The van der Waals surface area contributed by atoms with Crippen molar-refractivity contribution in [3.05, 3.63) is 0 Å². The summed E-state index contributed by atoms with van der Waals surface area (Å²) >= 11 is 0. The maximum absolute atomic E-state index is 12.8. The summed E-state index contributed by atoms with van der Waals surface area (Å²) in [6.07, 6.45) is 6.80. The van der Waals surface area contributed by atoms with Gasteiger partial charge in [0.2, 0.25) is 5.91 Å². The number of rotatable bonds is 9. The number of nitrogens with one attached hydrogen (secondary N) is 1. The molecule has 1 fully saturated rings. The molecular weight excluding hydrogens is 264 g/mol. The molecule has 1 saturated heterocycles. The number of unbranched alkanes of at least 4 members (excludes halogenated alkanes) is 3. The molecule has 0 aromatic carbocycles. The Balaban J connectivity index is 2.58. The van der Waals surface area contributed by atoms with Crippen molar-refractivity contribution in [3.63, 3.8) is 0 Å². The Morgan fingerprint density at radius 3 is 2.43 bits per heavy atom. The Morgan fingerprint density at radius 2 is 1.86 bits per heavy atom. The molecule has 0 aliphatic carbocycles. The summed E-state index contributed by atoms with van der Waals surface area (Å²) in [4.78, 5) is 14.7. The molecule has 1 atom stereocenters. The average Bonchev–Trinajstić information content (AvgIpc) is 2.50. The third kappa shape index (κ3) is 6.79. The molecule has 0 aromatic rings. The largest absolute Gasteiger partial charge is 0.378 e. The molecule has 0 saturated carbocycles. The Labute approximate surface area is 130 Å². The smallest absolute Gasteiger partial charge is 0.239 e. The Kier molecular flexibility index (Phi) is 8.27. The second-order valence-electron chi connectivity index (χ2n) is 6.72. The quantitative estimate of drug-likeness (QED) is 0.665. The van der Waals surface area contributed by atoms with Crippen molar-refractivity contribution < 1.29 is 9.53 Å². The molecule has 1 rings (SSSR count). The summed E-state index contributed by atoms with van der Waals surface area (Å²) < 4.78 is 5.35. The second-order valence-corrected chi connectivity index (χ2v) is 6.72. The van der Waals surface area contributed by atoms with E-state index >= 15 is 0 Å². The van der Waals surface area contributed by atoms with E-state index < -0.39 is 0 Å². The third-order valence-electron chi connectivity index (χ3n) is 4.42. The molecule has 4 nitrogen and oxygen atoms in total. The number of carbonyl (C=O) groups excluding carboxylic acids is 1. The van der Waals surface area contributed by atoms with Gasteiger partial charge in [0.05, 0.1) is 19.3 Å². The van der Waals surface area contributed by atoms with Gasteiger partial charge in [-0.2, -0.15) is 0 Å². The van der Waals surface area contributed by atoms with Gasteiger partial charge in [-0.3, -0.25) is 4.79 Å². The van der Waals surface area contributed by atoms with E-state index in [9.17, 15) is 4.79 Å². The Bertz CT molecular complexity index is 299. The maximum Gasteiger partial charge on any atom is 0.239 e. The fraction of sp³-hybridized carbons (Fsp3) is 0.941.